The number of hydrogen-bond acceptors (Lipinski definition) is 4. The summed E-state index contributed by atoms with van der Waals surface area (Å²) in [5.74, 6) is 0. The number of nitrogens with one attached hydrogen (secondary N) is 1. The first-order valence-electron chi connectivity index (χ1n) is 6.99. The molecule has 0 heterocycles. The number of nitrogens with two attached hydrogens (primary N) is 1. The minimum Gasteiger partial charge on any atom is -0.389 e. The normalized spacial score (nSPS) is 12.4. The van der Waals surface area contributed by atoms with Crippen molar-refractivity contribution in [1.82, 2.24) is 4.90 Å². The minimum absolute atomic E-state index is 0.347. The summed E-state index contributed by atoms with van der Waals surface area (Å²) in [5, 5.41) is 3.54. The standard InChI is InChI=1S/C15H25N3S2/c1-5-18(6-2)10-11(3)17-12-8-7-9-13(20-4)14(12)15(16)19/h7-9,11,17H,5-6,10H2,1-4H3,(H2,16,19). The van der Waals surface area contributed by atoms with E-state index in [1.807, 2.05) is 18.4 Å². The number of hydrogen-bond donors (Lipinski definition) is 2. The Labute approximate surface area is 132 Å². The van der Waals surface area contributed by atoms with Crippen molar-refractivity contribution in [2.75, 3.05) is 31.2 Å². The first-order chi connectivity index (χ1) is 9.53. The Morgan fingerprint density at radius 3 is 2.55 bits per heavy atom. The highest BCUT2D eigenvalue weighted by Crippen LogP contribution is 2.27. The molecule has 5 heteroatoms. The maximum Gasteiger partial charge on any atom is 0.107 e. The van der Waals surface area contributed by atoms with Crippen LogP contribution in [0.5, 0.6) is 0 Å². The van der Waals surface area contributed by atoms with Crippen LogP contribution in [0.2, 0.25) is 0 Å². The van der Waals surface area contributed by atoms with Gasteiger partial charge in [0.05, 0.1) is 0 Å². The van der Waals surface area contributed by atoms with E-state index < -0.39 is 0 Å². The summed E-state index contributed by atoms with van der Waals surface area (Å²) >= 11 is 6.87. The molecule has 1 unspecified atom stereocenters. The van der Waals surface area contributed by atoms with Crippen LogP contribution >= 0.6 is 24.0 Å². The summed E-state index contributed by atoms with van der Waals surface area (Å²) in [4.78, 5) is 3.97. The Balaban J connectivity index is 2.89. The number of anilines is 1. The van der Waals surface area contributed by atoms with Crippen LogP contribution in [0.1, 0.15) is 26.3 Å². The van der Waals surface area contributed by atoms with Crippen molar-refractivity contribution in [2.45, 2.75) is 31.7 Å². The Bertz CT molecular complexity index is 445. The van der Waals surface area contributed by atoms with Crippen LogP contribution < -0.4 is 11.1 Å². The summed E-state index contributed by atoms with van der Waals surface area (Å²) in [6.07, 6.45) is 2.04. The van der Waals surface area contributed by atoms with E-state index in [9.17, 15) is 0 Å². The van der Waals surface area contributed by atoms with Crippen LogP contribution in [-0.4, -0.2) is 41.8 Å². The van der Waals surface area contributed by atoms with Gasteiger partial charge < -0.3 is 16.0 Å². The lowest BCUT2D eigenvalue weighted by Gasteiger charge is -2.25. The van der Waals surface area contributed by atoms with Crippen molar-refractivity contribution >= 4 is 34.7 Å². The van der Waals surface area contributed by atoms with Gasteiger partial charge in [0.15, 0.2) is 0 Å². The first-order valence-corrected chi connectivity index (χ1v) is 8.62. The summed E-state index contributed by atoms with van der Waals surface area (Å²) in [6.45, 7) is 9.70. The quantitative estimate of drug-likeness (QED) is 0.570. The van der Waals surface area contributed by atoms with E-state index in [-0.39, 0.29) is 0 Å². The zero-order chi connectivity index (χ0) is 15.1. The first kappa shape index (κ1) is 17.3. The highest BCUT2D eigenvalue weighted by Gasteiger charge is 2.13. The fourth-order valence-electron chi connectivity index (χ4n) is 2.26. The van der Waals surface area contributed by atoms with Crippen molar-refractivity contribution in [3.8, 4) is 0 Å². The van der Waals surface area contributed by atoms with Crippen LogP contribution in [0, 0.1) is 0 Å². The van der Waals surface area contributed by atoms with Crippen molar-refractivity contribution < 1.29 is 0 Å². The molecule has 20 heavy (non-hydrogen) atoms. The highest BCUT2D eigenvalue weighted by atomic mass is 32.2. The Morgan fingerprint density at radius 2 is 2.05 bits per heavy atom. The fraction of sp³-hybridized carbons (Fsp3) is 0.533. The monoisotopic (exact) mass is 311 g/mol. The van der Waals surface area contributed by atoms with Gasteiger partial charge in [0.25, 0.3) is 0 Å². The topological polar surface area (TPSA) is 41.3 Å². The molecule has 0 fully saturated rings. The molecular formula is C15H25N3S2. The second-order valence-electron chi connectivity index (χ2n) is 4.78. The molecule has 0 spiro atoms. The molecule has 1 rings (SSSR count). The minimum atomic E-state index is 0.347. The number of nitrogens with zero attached hydrogens (tertiary/aromatic N) is 1. The lowest BCUT2D eigenvalue weighted by atomic mass is 10.1. The van der Waals surface area contributed by atoms with E-state index in [1.165, 1.54) is 0 Å². The van der Waals surface area contributed by atoms with E-state index in [2.05, 4.69) is 37.1 Å². The third-order valence-electron chi connectivity index (χ3n) is 3.32. The van der Waals surface area contributed by atoms with Gasteiger partial charge >= 0.3 is 0 Å². The predicted octanol–water partition coefficient (Wildman–Crippen LogP) is 3.18. The van der Waals surface area contributed by atoms with E-state index >= 15 is 0 Å². The van der Waals surface area contributed by atoms with Crippen LogP contribution in [-0.2, 0) is 0 Å². The largest absolute Gasteiger partial charge is 0.389 e. The van der Waals surface area contributed by atoms with E-state index in [1.54, 1.807) is 11.8 Å². The molecule has 0 saturated heterocycles. The second kappa shape index (κ2) is 8.49. The van der Waals surface area contributed by atoms with Gasteiger partial charge in [-0.1, -0.05) is 32.1 Å². The van der Waals surface area contributed by atoms with E-state index in [0.717, 1.165) is 35.8 Å². The summed E-state index contributed by atoms with van der Waals surface area (Å²) in [6, 6.07) is 6.49. The molecule has 0 amide bonds. The number of benzene rings is 1. The molecule has 0 bridgehead atoms. The van der Waals surface area contributed by atoms with Crippen LogP contribution in [0.25, 0.3) is 0 Å². The second-order valence-corrected chi connectivity index (χ2v) is 6.07. The number of thioether (sulfide) groups is 1. The molecule has 0 aliphatic heterocycles. The van der Waals surface area contributed by atoms with Crippen LogP contribution in [0.4, 0.5) is 5.69 Å². The Kier molecular flexibility index (Phi) is 7.34. The lowest BCUT2D eigenvalue weighted by Crippen LogP contribution is -2.35. The lowest BCUT2D eigenvalue weighted by molar-refractivity contribution is 0.295. The summed E-state index contributed by atoms with van der Waals surface area (Å²) < 4.78 is 0. The van der Waals surface area contributed by atoms with Crippen molar-refractivity contribution in [3.63, 3.8) is 0 Å². The molecule has 112 valence electrons. The Morgan fingerprint density at radius 1 is 1.40 bits per heavy atom. The SMILES string of the molecule is CCN(CC)CC(C)Nc1cccc(SC)c1C(N)=S. The molecule has 1 aromatic rings. The maximum absolute atomic E-state index is 5.89. The van der Waals surface area contributed by atoms with Gasteiger partial charge in [-0.05, 0) is 38.4 Å². The number of thiocarbonyl (C=S) groups is 1. The molecule has 0 aliphatic carbocycles. The van der Waals surface area contributed by atoms with E-state index in [4.69, 9.17) is 18.0 Å². The Hall–Kier alpha value is -0.780. The molecule has 0 aliphatic rings. The molecule has 3 N–H and O–H groups in total. The van der Waals surface area contributed by atoms with Crippen LogP contribution in [0.3, 0.4) is 0 Å². The van der Waals surface area contributed by atoms with Gasteiger partial charge in [0.2, 0.25) is 0 Å². The van der Waals surface area contributed by atoms with Crippen LogP contribution in [0.15, 0.2) is 23.1 Å². The molecule has 1 atom stereocenters. The zero-order valence-corrected chi connectivity index (χ0v) is 14.4. The molecule has 3 nitrogen and oxygen atoms in total. The smallest absolute Gasteiger partial charge is 0.107 e. The summed E-state index contributed by atoms with van der Waals surface area (Å²) in [7, 11) is 0. The summed E-state index contributed by atoms with van der Waals surface area (Å²) in [5.41, 5.74) is 7.88. The number of likely N-dealkylation sites (N-methyl/N-ethyl adjacent to an activating group) is 1. The van der Waals surface area contributed by atoms with Crippen molar-refractivity contribution in [1.29, 1.82) is 0 Å². The predicted molar refractivity (Wildman–Crippen MR) is 95.0 cm³/mol. The van der Waals surface area contributed by atoms with Gasteiger partial charge in [-0.3, -0.25) is 0 Å². The number of rotatable bonds is 8. The van der Waals surface area contributed by atoms with Gasteiger partial charge in [-0.2, -0.15) is 0 Å². The average Bonchev–Trinajstić information content (AvgIpc) is 2.43. The molecule has 1 aromatic carbocycles. The van der Waals surface area contributed by atoms with Crippen molar-refractivity contribution in [2.24, 2.45) is 5.73 Å². The highest BCUT2D eigenvalue weighted by molar-refractivity contribution is 7.98. The molecular weight excluding hydrogens is 286 g/mol. The van der Waals surface area contributed by atoms with Gasteiger partial charge in [0.1, 0.15) is 4.99 Å². The third kappa shape index (κ3) is 4.65. The van der Waals surface area contributed by atoms with E-state index in [0.29, 0.717) is 11.0 Å². The molecule has 0 aromatic heterocycles. The van der Waals surface area contributed by atoms with Gasteiger partial charge in [-0.25, -0.2) is 0 Å². The molecule has 0 radical (unpaired) electrons. The third-order valence-corrected chi connectivity index (χ3v) is 4.31. The maximum atomic E-state index is 5.89. The van der Waals surface area contributed by atoms with Crippen molar-refractivity contribution in [3.05, 3.63) is 23.8 Å². The van der Waals surface area contributed by atoms with Gasteiger partial charge in [0, 0.05) is 28.7 Å². The average molecular weight is 312 g/mol. The molecule has 0 saturated carbocycles. The zero-order valence-electron chi connectivity index (χ0n) is 12.8. The van der Waals surface area contributed by atoms with Gasteiger partial charge in [-0.15, -0.1) is 11.8 Å². The fourth-order valence-corrected chi connectivity index (χ4v) is 3.18.